The Morgan fingerprint density at radius 3 is 2.58 bits per heavy atom. The quantitative estimate of drug-likeness (QED) is 0.426. The molecule has 1 unspecified atom stereocenters. The summed E-state index contributed by atoms with van der Waals surface area (Å²) in [5.41, 5.74) is 5.23. The van der Waals surface area contributed by atoms with Crippen molar-refractivity contribution in [1.29, 1.82) is 5.41 Å². The second-order valence-corrected chi connectivity index (χ2v) is 5.21. The van der Waals surface area contributed by atoms with Crippen LogP contribution in [0, 0.1) is 5.41 Å². The van der Waals surface area contributed by atoms with E-state index in [0.717, 1.165) is 6.42 Å². The maximum atomic E-state index is 11.2. The molecule has 6 heteroatoms. The van der Waals surface area contributed by atoms with Crippen LogP contribution in [-0.2, 0) is 9.84 Å². The lowest BCUT2D eigenvalue weighted by molar-refractivity contribution is 0.451. The van der Waals surface area contributed by atoms with Gasteiger partial charge in [-0.2, -0.15) is 0 Å². The SMILES string of the molecule is CS(=O)(=O)C1CCCN1C(=N)N. The predicted octanol–water partition coefficient (Wildman–Crippen LogP) is -0.654. The van der Waals surface area contributed by atoms with Gasteiger partial charge in [0.2, 0.25) is 0 Å². The number of nitrogens with one attached hydrogen (secondary N) is 1. The predicted molar refractivity (Wildman–Crippen MR) is 46.5 cm³/mol. The lowest BCUT2D eigenvalue weighted by Crippen LogP contribution is -2.43. The van der Waals surface area contributed by atoms with Crippen LogP contribution in [0.3, 0.4) is 0 Å². The standard InChI is InChI=1S/C6H13N3O2S/c1-12(10,11)5-3-2-4-9(5)6(7)8/h5H,2-4H2,1H3,(H3,7,8). The van der Waals surface area contributed by atoms with E-state index in [2.05, 4.69) is 0 Å². The fourth-order valence-corrected chi connectivity index (χ4v) is 2.73. The monoisotopic (exact) mass is 191 g/mol. The van der Waals surface area contributed by atoms with Crippen LogP contribution >= 0.6 is 0 Å². The molecule has 1 heterocycles. The molecule has 0 bridgehead atoms. The highest BCUT2D eigenvalue weighted by Gasteiger charge is 2.33. The van der Waals surface area contributed by atoms with Crippen LogP contribution in [0.4, 0.5) is 0 Å². The summed E-state index contributed by atoms with van der Waals surface area (Å²) < 4.78 is 22.3. The van der Waals surface area contributed by atoms with E-state index in [1.54, 1.807) is 0 Å². The van der Waals surface area contributed by atoms with E-state index in [4.69, 9.17) is 11.1 Å². The highest BCUT2D eigenvalue weighted by atomic mass is 32.2. The van der Waals surface area contributed by atoms with Crippen LogP contribution in [0.2, 0.25) is 0 Å². The molecule has 1 fully saturated rings. The van der Waals surface area contributed by atoms with E-state index in [9.17, 15) is 8.42 Å². The zero-order valence-corrected chi connectivity index (χ0v) is 7.76. The van der Waals surface area contributed by atoms with Crippen molar-refractivity contribution in [3.8, 4) is 0 Å². The second kappa shape index (κ2) is 2.93. The number of nitrogens with two attached hydrogens (primary N) is 1. The topological polar surface area (TPSA) is 87.2 Å². The first-order valence-corrected chi connectivity index (χ1v) is 5.68. The smallest absolute Gasteiger partial charge is 0.189 e. The van der Waals surface area contributed by atoms with Crippen LogP contribution in [0.25, 0.3) is 0 Å². The lowest BCUT2D eigenvalue weighted by Gasteiger charge is -2.22. The number of guanidine groups is 1. The average Bonchev–Trinajstić information content (AvgIpc) is 2.30. The number of hydrogen-bond acceptors (Lipinski definition) is 3. The Kier molecular flexibility index (Phi) is 2.27. The van der Waals surface area contributed by atoms with Crippen molar-refractivity contribution in [2.45, 2.75) is 18.2 Å². The second-order valence-electron chi connectivity index (χ2n) is 3.01. The van der Waals surface area contributed by atoms with Gasteiger partial charge in [0.25, 0.3) is 0 Å². The molecule has 1 aliphatic heterocycles. The molecule has 0 amide bonds. The minimum absolute atomic E-state index is 0.150. The van der Waals surface area contributed by atoms with Gasteiger partial charge in [0.15, 0.2) is 15.8 Å². The molecule has 0 aliphatic carbocycles. The summed E-state index contributed by atoms with van der Waals surface area (Å²) in [5.74, 6) is -0.150. The molecule has 0 radical (unpaired) electrons. The van der Waals surface area contributed by atoms with Gasteiger partial charge in [-0.05, 0) is 12.8 Å². The summed E-state index contributed by atoms with van der Waals surface area (Å²) >= 11 is 0. The van der Waals surface area contributed by atoms with Gasteiger partial charge in [0.1, 0.15) is 5.37 Å². The summed E-state index contributed by atoms with van der Waals surface area (Å²) in [6, 6.07) is 0. The maximum absolute atomic E-state index is 11.2. The van der Waals surface area contributed by atoms with Crippen LogP contribution < -0.4 is 5.73 Å². The molecule has 0 aromatic rings. The van der Waals surface area contributed by atoms with Gasteiger partial charge in [-0.15, -0.1) is 0 Å². The van der Waals surface area contributed by atoms with Crippen molar-refractivity contribution in [3.63, 3.8) is 0 Å². The van der Waals surface area contributed by atoms with Crippen molar-refractivity contribution in [2.24, 2.45) is 5.73 Å². The Hall–Kier alpha value is -0.780. The highest BCUT2D eigenvalue weighted by molar-refractivity contribution is 7.91. The Labute approximate surface area is 72.0 Å². The van der Waals surface area contributed by atoms with Gasteiger partial charge in [-0.25, -0.2) is 8.42 Å². The van der Waals surface area contributed by atoms with Crippen molar-refractivity contribution >= 4 is 15.8 Å². The van der Waals surface area contributed by atoms with E-state index >= 15 is 0 Å². The number of nitrogens with zero attached hydrogens (tertiary/aromatic N) is 1. The minimum Gasteiger partial charge on any atom is -0.370 e. The molecule has 1 aliphatic rings. The molecule has 5 nitrogen and oxygen atoms in total. The zero-order valence-electron chi connectivity index (χ0n) is 6.95. The summed E-state index contributed by atoms with van der Waals surface area (Å²) in [6.45, 7) is 0.576. The zero-order chi connectivity index (χ0) is 9.35. The van der Waals surface area contributed by atoms with Gasteiger partial charge in [-0.1, -0.05) is 0 Å². The van der Waals surface area contributed by atoms with Gasteiger partial charge in [0, 0.05) is 12.8 Å². The maximum Gasteiger partial charge on any atom is 0.189 e. The van der Waals surface area contributed by atoms with Gasteiger partial charge >= 0.3 is 0 Å². The van der Waals surface area contributed by atoms with Crippen LogP contribution in [0.15, 0.2) is 0 Å². The van der Waals surface area contributed by atoms with Gasteiger partial charge in [-0.3, -0.25) is 5.41 Å². The Morgan fingerprint density at radius 1 is 1.67 bits per heavy atom. The molecule has 1 rings (SSSR count). The van der Waals surface area contributed by atoms with E-state index in [-0.39, 0.29) is 5.96 Å². The van der Waals surface area contributed by atoms with E-state index < -0.39 is 15.2 Å². The van der Waals surface area contributed by atoms with Crippen LogP contribution in [-0.4, -0.2) is 37.5 Å². The van der Waals surface area contributed by atoms with Crippen molar-refractivity contribution in [2.75, 3.05) is 12.8 Å². The van der Waals surface area contributed by atoms with E-state index in [0.29, 0.717) is 13.0 Å². The molecular formula is C6H13N3O2S. The number of rotatable bonds is 1. The molecule has 70 valence electrons. The molecule has 0 aromatic carbocycles. The largest absolute Gasteiger partial charge is 0.370 e. The molecule has 12 heavy (non-hydrogen) atoms. The highest BCUT2D eigenvalue weighted by Crippen LogP contribution is 2.20. The lowest BCUT2D eigenvalue weighted by atomic mass is 10.4. The van der Waals surface area contributed by atoms with Crippen molar-refractivity contribution in [3.05, 3.63) is 0 Å². The van der Waals surface area contributed by atoms with E-state index in [1.807, 2.05) is 0 Å². The summed E-state index contributed by atoms with van der Waals surface area (Å²) in [5, 5.41) is 6.57. The molecule has 3 N–H and O–H groups in total. The van der Waals surface area contributed by atoms with Crippen molar-refractivity contribution in [1.82, 2.24) is 4.90 Å². The molecule has 0 spiro atoms. The summed E-state index contributed by atoms with van der Waals surface area (Å²) in [6.07, 6.45) is 2.55. The Morgan fingerprint density at radius 2 is 2.25 bits per heavy atom. The number of sulfone groups is 1. The number of likely N-dealkylation sites (tertiary alicyclic amines) is 1. The molecular weight excluding hydrogens is 178 g/mol. The first kappa shape index (κ1) is 9.31. The average molecular weight is 191 g/mol. The number of hydrogen-bond donors (Lipinski definition) is 2. The van der Waals surface area contributed by atoms with Gasteiger partial charge < -0.3 is 10.6 Å². The Bertz CT molecular complexity index is 285. The minimum atomic E-state index is -3.09. The fraction of sp³-hybridized carbons (Fsp3) is 0.833. The normalized spacial score (nSPS) is 24.4. The van der Waals surface area contributed by atoms with Crippen LogP contribution in [0.5, 0.6) is 0 Å². The Balaban J connectivity index is 2.85. The first-order valence-electron chi connectivity index (χ1n) is 3.72. The van der Waals surface area contributed by atoms with Crippen LogP contribution in [0.1, 0.15) is 12.8 Å². The van der Waals surface area contributed by atoms with Crippen molar-refractivity contribution < 1.29 is 8.42 Å². The molecule has 1 saturated heterocycles. The summed E-state index contributed by atoms with van der Waals surface area (Å²) in [7, 11) is -3.09. The third kappa shape index (κ3) is 1.69. The third-order valence-electron chi connectivity index (χ3n) is 2.00. The summed E-state index contributed by atoms with van der Waals surface area (Å²) in [4.78, 5) is 1.43. The van der Waals surface area contributed by atoms with E-state index in [1.165, 1.54) is 11.2 Å². The third-order valence-corrected chi connectivity index (χ3v) is 3.48. The molecule has 1 atom stereocenters. The van der Waals surface area contributed by atoms with Gasteiger partial charge in [0.05, 0.1) is 0 Å². The fourth-order valence-electron chi connectivity index (χ4n) is 1.46. The molecule has 0 saturated carbocycles. The molecule has 0 aromatic heterocycles. The first-order chi connectivity index (χ1) is 5.43.